The molecular formula is C14H8Br2O. The zero-order valence-electron chi connectivity index (χ0n) is 8.74. The molecule has 0 fully saturated rings. The maximum atomic E-state index is 10.3. The lowest BCUT2D eigenvalue weighted by Crippen LogP contribution is -1.79. The molecule has 3 rings (SSSR count). The van der Waals surface area contributed by atoms with Gasteiger partial charge >= 0.3 is 0 Å². The van der Waals surface area contributed by atoms with E-state index < -0.39 is 0 Å². The maximum absolute atomic E-state index is 10.3. The Balaban J connectivity index is 2.52. The van der Waals surface area contributed by atoms with Crippen molar-refractivity contribution in [2.24, 2.45) is 0 Å². The zero-order chi connectivity index (χ0) is 12.0. The summed E-state index contributed by atoms with van der Waals surface area (Å²) in [5.41, 5.74) is 0. The van der Waals surface area contributed by atoms with Crippen molar-refractivity contribution in [3.8, 4) is 5.75 Å². The molecule has 17 heavy (non-hydrogen) atoms. The van der Waals surface area contributed by atoms with E-state index in [2.05, 4.69) is 37.9 Å². The first kappa shape index (κ1) is 11.1. The van der Waals surface area contributed by atoms with Crippen LogP contribution in [0.2, 0.25) is 0 Å². The summed E-state index contributed by atoms with van der Waals surface area (Å²) in [7, 11) is 0. The molecule has 3 aromatic carbocycles. The van der Waals surface area contributed by atoms with Crippen LogP contribution in [0.1, 0.15) is 0 Å². The second-order valence-electron chi connectivity index (χ2n) is 3.96. The van der Waals surface area contributed by atoms with Gasteiger partial charge in [-0.2, -0.15) is 0 Å². The molecule has 0 amide bonds. The van der Waals surface area contributed by atoms with Crippen LogP contribution < -0.4 is 0 Å². The van der Waals surface area contributed by atoms with Crippen LogP contribution in [0.15, 0.2) is 51.4 Å². The topological polar surface area (TPSA) is 20.2 Å². The summed E-state index contributed by atoms with van der Waals surface area (Å²) in [6, 6.07) is 13.8. The molecule has 0 heterocycles. The minimum absolute atomic E-state index is 0.345. The normalized spacial score (nSPS) is 11.2. The van der Waals surface area contributed by atoms with E-state index in [-0.39, 0.29) is 0 Å². The van der Waals surface area contributed by atoms with Gasteiger partial charge in [0.1, 0.15) is 5.75 Å². The number of hydrogen-bond acceptors (Lipinski definition) is 1. The van der Waals surface area contributed by atoms with Crippen molar-refractivity contribution in [2.75, 3.05) is 0 Å². The lowest BCUT2D eigenvalue weighted by molar-refractivity contribution is 0.488. The average molecular weight is 352 g/mol. The molecule has 84 valence electrons. The monoisotopic (exact) mass is 350 g/mol. The van der Waals surface area contributed by atoms with Crippen molar-refractivity contribution in [1.29, 1.82) is 0 Å². The Kier molecular flexibility index (Phi) is 2.60. The van der Waals surface area contributed by atoms with Gasteiger partial charge in [0, 0.05) is 19.7 Å². The van der Waals surface area contributed by atoms with E-state index in [1.165, 1.54) is 0 Å². The molecule has 0 atom stereocenters. The average Bonchev–Trinajstić information content (AvgIpc) is 2.28. The molecule has 0 aromatic heterocycles. The number of aromatic hydroxyl groups is 1. The van der Waals surface area contributed by atoms with Gasteiger partial charge < -0.3 is 5.11 Å². The number of halogens is 2. The van der Waals surface area contributed by atoms with Gasteiger partial charge in [0.25, 0.3) is 0 Å². The molecule has 1 nitrogen and oxygen atoms in total. The molecular weight excluding hydrogens is 344 g/mol. The van der Waals surface area contributed by atoms with Gasteiger partial charge in [-0.15, -0.1) is 0 Å². The summed E-state index contributed by atoms with van der Waals surface area (Å²) < 4.78 is 2.03. The summed E-state index contributed by atoms with van der Waals surface area (Å²) in [6.45, 7) is 0. The Morgan fingerprint density at radius 1 is 0.706 bits per heavy atom. The van der Waals surface area contributed by atoms with Crippen LogP contribution in [0.5, 0.6) is 5.75 Å². The predicted molar refractivity (Wildman–Crippen MR) is 78.5 cm³/mol. The van der Waals surface area contributed by atoms with Gasteiger partial charge in [-0.3, -0.25) is 0 Å². The molecule has 3 heteroatoms. The minimum atomic E-state index is 0.345. The molecule has 0 unspecified atom stereocenters. The van der Waals surface area contributed by atoms with Crippen molar-refractivity contribution < 1.29 is 5.11 Å². The first-order chi connectivity index (χ1) is 8.15. The Bertz CT molecular complexity index is 675. The van der Waals surface area contributed by atoms with Crippen molar-refractivity contribution in [3.63, 3.8) is 0 Å². The Morgan fingerprint density at radius 2 is 1.18 bits per heavy atom. The van der Waals surface area contributed by atoms with Crippen LogP contribution in [0.4, 0.5) is 0 Å². The molecule has 1 N–H and O–H groups in total. The van der Waals surface area contributed by atoms with Gasteiger partial charge in [0.15, 0.2) is 0 Å². The van der Waals surface area contributed by atoms with E-state index >= 15 is 0 Å². The smallest absolute Gasteiger partial charge is 0.131 e. The summed E-state index contributed by atoms with van der Waals surface area (Å²) in [5.74, 6) is 0.345. The summed E-state index contributed by atoms with van der Waals surface area (Å²) >= 11 is 6.89. The first-order valence-electron chi connectivity index (χ1n) is 5.15. The van der Waals surface area contributed by atoms with Crippen molar-refractivity contribution in [1.82, 2.24) is 0 Å². The fourth-order valence-corrected chi connectivity index (χ4v) is 2.81. The van der Waals surface area contributed by atoms with Crippen molar-refractivity contribution in [3.05, 3.63) is 51.4 Å². The highest BCUT2D eigenvalue weighted by Gasteiger charge is 2.06. The number of benzene rings is 3. The van der Waals surface area contributed by atoms with Crippen LogP contribution in [0, 0.1) is 0 Å². The van der Waals surface area contributed by atoms with Gasteiger partial charge in [0.05, 0.1) is 0 Å². The third kappa shape index (κ3) is 1.83. The first-order valence-corrected chi connectivity index (χ1v) is 6.74. The number of rotatable bonds is 0. The van der Waals surface area contributed by atoms with Crippen molar-refractivity contribution >= 4 is 53.4 Å². The minimum Gasteiger partial charge on any atom is -0.507 e. The molecule has 0 spiro atoms. The van der Waals surface area contributed by atoms with E-state index in [9.17, 15) is 5.11 Å². The third-order valence-electron chi connectivity index (χ3n) is 2.85. The third-order valence-corrected chi connectivity index (χ3v) is 3.83. The zero-order valence-corrected chi connectivity index (χ0v) is 11.9. The fraction of sp³-hybridized carbons (Fsp3) is 0. The largest absolute Gasteiger partial charge is 0.507 e. The molecule has 0 aliphatic rings. The van der Waals surface area contributed by atoms with Crippen LogP contribution in [0.25, 0.3) is 21.5 Å². The highest BCUT2D eigenvalue weighted by Crippen LogP contribution is 2.36. The van der Waals surface area contributed by atoms with Crippen LogP contribution in [-0.4, -0.2) is 5.11 Å². The van der Waals surface area contributed by atoms with Crippen molar-refractivity contribution in [2.45, 2.75) is 0 Å². The van der Waals surface area contributed by atoms with E-state index in [1.807, 2.05) is 36.4 Å². The van der Waals surface area contributed by atoms with Gasteiger partial charge in [-0.25, -0.2) is 0 Å². The number of phenols is 1. The lowest BCUT2D eigenvalue weighted by atomic mass is 10.0. The number of fused-ring (bicyclic) bond motifs is 2. The molecule has 0 saturated carbocycles. The van der Waals surface area contributed by atoms with E-state index in [0.29, 0.717) is 5.75 Å². The Hall–Kier alpha value is -1.06. The highest BCUT2D eigenvalue weighted by molar-refractivity contribution is 9.10. The van der Waals surface area contributed by atoms with Crippen LogP contribution in [0.3, 0.4) is 0 Å². The van der Waals surface area contributed by atoms with Gasteiger partial charge in [0.2, 0.25) is 0 Å². The standard InChI is InChI=1S/C14H8Br2O/c15-10-1-3-12-8(6-10)5-9-7-11(16)2-4-13(9)14(12)17/h1-7,17H. The lowest BCUT2D eigenvalue weighted by Gasteiger charge is -2.07. The highest BCUT2D eigenvalue weighted by atomic mass is 79.9. The number of hydrogen-bond donors (Lipinski definition) is 1. The molecule has 0 saturated heterocycles. The van der Waals surface area contributed by atoms with E-state index in [0.717, 1.165) is 30.5 Å². The quantitative estimate of drug-likeness (QED) is 0.550. The predicted octanol–water partition coefficient (Wildman–Crippen LogP) is 5.22. The van der Waals surface area contributed by atoms with E-state index in [1.54, 1.807) is 0 Å². The summed E-state index contributed by atoms with van der Waals surface area (Å²) in [5, 5.41) is 14.1. The maximum Gasteiger partial charge on any atom is 0.131 e. The molecule has 0 aliphatic carbocycles. The molecule has 0 aliphatic heterocycles. The fourth-order valence-electron chi connectivity index (χ4n) is 2.05. The van der Waals surface area contributed by atoms with Gasteiger partial charge in [-0.05, 0) is 53.2 Å². The number of phenolic OH excluding ortho intramolecular Hbond substituents is 1. The summed E-state index contributed by atoms with van der Waals surface area (Å²) in [6.07, 6.45) is 0. The molecule has 0 bridgehead atoms. The second kappa shape index (κ2) is 4.00. The molecule has 0 radical (unpaired) electrons. The second-order valence-corrected chi connectivity index (χ2v) is 5.79. The molecule has 3 aromatic rings. The van der Waals surface area contributed by atoms with Crippen LogP contribution in [-0.2, 0) is 0 Å². The summed E-state index contributed by atoms with van der Waals surface area (Å²) in [4.78, 5) is 0. The SMILES string of the molecule is Oc1c2ccc(Br)cc2cc2cc(Br)ccc12. The van der Waals surface area contributed by atoms with E-state index in [4.69, 9.17) is 0 Å². The van der Waals surface area contributed by atoms with Crippen LogP contribution >= 0.6 is 31.9 Å². The Morgan fingerprint density at radius 3 is 1.65 bits per heavy atom. The Labute approximate surface area is 115 Å². The van der Waals surface area contributed by atoms with Gasteiger partial charge in [-0.1, -0.05) is 31.9 Å².